The first-order valence-corrected chi connectivity index (χ1v) is 6.42. The van der Waals surface area contributed by atoms with Gasteiger partial charge in [-0.05, 0) is 27.2 Å². The lowest BCUT2D eigenvalue weighted by Gasteiger charge is -2.38. The average Bonchev–Trinajstić information content (AvgIpc) is 2.27. The van der Waals surface area contributed by atoms with Crippen molar-refractivity contribution >= 4 is 6.09 Å². The molecule has 1 heterocycles. The van der Waals surface area contributed by atoms with Crippen LogP contribution >= 0.6 is 0 Å². The number of hydrogen-bond acceptors (Lipinski definition) is 5. The average molecular weight is 259 g/mol. The maximum atomic E-state index is 11.8. The molecule has 6 nitrogen and oxygen atoms in total. The fraction of sp³-hybridized carbons (Fsp3) is 0.917. The number of aliphatic hydroxyl groups excluding tert-OH is 1. The summed E-state index contributed by atoms with van der Waals surface area (Å²) in [6.45, 7) is 8.35. The number of hydrogen-bond donors (Lipinski definition) is 2. The molecule has 1 fully saturated rings. The van der Waals surface area contributed by atoms with Gasteiger partial charge in [0.1, 0.15) is 5.60 Å². The Morgan fingerprint density at radius 1 is 1.33 bits per heavy atom. The van der Waals surface area contributed by atoms with Crippen LogP contribution in [0.25, 0.3) is 0 Å². The lowest BCUT2D eigenvalue weighted by atomic mass is 10.2. The molecule has 1 amide bonds. The molecule has 0 radical (unpaired) electrons. The van der Waals surface area contributed by atoms with Gasteiger partial charge in [0, 0.05) is 32.8 Å². The van der Waals surface area contributed by atoms with Crippen molar-refractivity contribution in [2.24, 2.45) is 5.73 Å². The van der Waals surface area contributed by atoms with Crippen LogP contribution in [0.1, 0.15) is 27.2 Å². The molecular formula is C12H25N3O3. The van der Waals surface area contributed by atoms with Crippen LogP contribution in [-0.4, -0.2) is 65.6 Å². The summed E-state index contributed by atoms with van der Waals surface area (Å²) < 4.78 is 5.32. The zero-order chi connectivity index (χ0) is 13.8. The molecule has 0 aromatic carbocycles. The molecule has 18 heavy (non-hydrogen) atoms. The van der Waals surface area contributed by atoms with Crippen molar-refractivity contribution in [3.05, 3.63) is 0 Å². The number of aliphatic hydroxyl groups is 1. The lowest BCUT2D eigenvalue weighted by molar-refractivity contribution is 0.00927. The second-order valence-electron chi connectivity index (χ2n) is 5.58. The van der Waals surface area contributed by atoms with Crippen molar-refractivity contribution in [1.82, 2.24) is 9.80 Å². The Kier molecular flexibility index (Phi) is 5.37. The standard InChI is InChI=1S/C12H25N3O3/c1-12(2,3)18-11(17)15-7-5-14(6-8-15)10(13)4-9-16/h10,16H,4-9,13H2,1-3H3. The molecular weight excluding hydrogens is 234 g/mol. The lowest BCUT2D eigenvalue weighted by Crippen LogP contribution is -2.55. The Morgan fingerprint density at radius 3 is 2.33 bits per heavy atom. The summed E-state index contributed by atoms with van der Waals surface area (Å²) in [4.78, 5) is 15.6. The number of amides is 1. The number of piperazine rings is 1. The summed E-state index contributed by atoms with van der Waals surface area (Å²) in [5.74, 6) is 0. The molecule has 0 saturated carbocycles. The minimum Gasteiger partial charge on any atom is -0.444 e. The quantitative estimate of drug-likeness (QED) is 0.757. The topological polar surface area (TPSA) is 79.0 Å². The number of rotatable bonds is 3. The highest BCUT2D eigenvalue weighted by Crippen LogP contribution is 2.12. The van der Waals surface area contributed by atoms with E-state index in [2.05, 4.69) is 4.90 Å². The number of nitrogens with zero attached hydrogens (tertiary/aromatic N) is 2. The van der Waals surface area contributed by atoms with Crippen LogP contribution in [0, 0.1) is 0 Å². The van der Waals surface area contributed by atoms with Gasteiger partial charge in [0.15, 0.2) is 0 Å². The van der Waals surface area contributed by atoms with Gasteiger partial charge in [0.25, 0.3) is 0 Å². The molecule has 0 aliphatic carbocycles. The molecule has 0 bridgehead atoms. The Morgan fingerprint density at radius 2 is 1.89 bits per heavy atom. The zero-order valence-electron chi connectivity index (χ0n) is 11.6. The van der Waals surface area contributed by atoms with Gasteiger partial charge in [-0.2, -0.15) is 0 Å². The van der Waals surface area contributed by atoms with Crippen LogP contribution in [0.4, 0.5) is 4.79 Å². The van der Waals surface area contributed by atoms with Gasteiger partial charge >= 0.3 is 6.09 Å². The molecule has 1 aliphatic heterocycles. The van der Waals surface area contributed by atoms with Crippen LogP contribution in [0.5, 0.6) is 0 Å². The Hall–Kier alpha value is -0.850. The number of carbonyl (C=O) groups is 1. The van der Waals surface area contributed by atoms with E-state index < -0.39 is 5.60 Å². The highest BCUT2D eigenvalue weighted by molar-refractivity contribution is 5.68. The predicted octanol–water partition coefficient (Wildman–Crippen LogP) is 0.206. The SMILES string of the molecule is CC(C)(C)OC(=O)N1CCN(C(N)CCO)CC1. The monoisotopic (exact) mass is 259 g/mol. The summed E-state index contributed by atoms with van der Waals surface area (Å²) in [5, 5.41) is 8.84. The third-order valence-corrected chi connectivity index (χ3v) is 2.86. The third-order valence-electron chi connectivity index (χ3n) is 2.86. The molecule has 106 valence electrons. The van der Waals surface area contributed by atoms with Gasteiger partial charge in [0.05, 0.1) is 6.17 Å². The van der Waals surface area contributed by atoms with E-state index in [0.29, 0.717) is 19.5 Å². The molecule has 1 atom stereocenters. The van der Waals surface area contributed by atoms with Crippen LogP contribution in [0.3, 0.4) is 0 Å². The minimum atomic E-state index is -0.457. The highest BCUT2D eigenvalue weighted by Gasteiger charge is 2.27. The van der Waals surface area contributed by atoms with Gasteiger partial charge in [-0.15, -0.1) is 0 Å². The highest BCUT2D eigenvalue weighted by atomic mass is 16.6. The fourth-order valence-corrected chi connectivity index (χ4v) is 1.88. The summed E-state index contributed by atoms with van der Waals surface area (Å²) in [6, 6.07) is 0. The molecule has 1 saturated heterocycles. The van der Waals surface area contributed by atoms with E-state index >= 15 is 0 Å². The van der Waals surface area contributed by atoms with E-state index in [0.717, 1.165) is 13.1 Å². The van der Waals surface area contributed by atoms with E-state index in [1.54, 1.807) is 4.90 Å². The molecule has 1 unspecified atom stereocenters. The fourth-order valence-electron chi connectivity index (χ4n) is 1.88. The minimum absolute atomic E-state index is 0.0907. The Balaban J connectivity index is 2.37. The van der Waals surface area contributed by atoms with Crippen molar-refractivity contribution in [2.45, 2.75) is 39.0 Å². The Labute approximate surface area is 109 Å². The van der Waals surface area contributed by atoms with E-state index in [1.807, 2.05) is 20.8 Å². The molecule has 3 N–H and O–H groups in total. The van der Waals surface area contributed by atoms with Crippen molar-refractivity contribution < 1.29 is 14.6 Å². The maximum Gasteiger partial charge on any atom is 0.410 e. The van der Waals surface area contributed by atoms with Crippen molar-refractivity contribution in [3.8, 4) is 0 Å². The smallest absolute Gasteiger partial charge is 0.410 e. The van der Waals surface area contributed by atoms with Crippen LogP contribution in [0.2, 0.25) is 0 Å². The molecule has 1 rings (SSSR count). The van der Waals surface area contributed by atoms with Gasteiger partial charge < -0.3 is 20.5 Å². The van der Waals surface area contributed by atoms with E-state index in [9.17, 15) is 4.79 Å². The molecule has 0 spiro atoms. The molecule has 0 aromatic rings. The van der Waals surface area contributed by atoms with E-state index in [-0.39, 0.29) is 18.9 Å². The van der Waals surface area contributed by atoms with Crippen LogP contribution in [-0.2, 0) is 4.74 Å². The molecule has 6 heteroatoms. The van der Waals surface area contributed by atoms with Gasteiger partial charge in [-0.25, -0.2) is 4.79 Å². The summed E-state index contributed by atoms with van der Waals surface area (Å²) >= 11 is 0. The number of ether oxygens (including phenoxy) is 1. The zero-order valence-corrected chi connectivity index (χ0v) is 11.6. The van der Waals surface area contributed by atoms with Gasteiger partial charge in [-0.3, -0.25) is 4.90 Å². The second-order valence-corrected chi connectivity index (χ2v) is 5.58. The molecule has 1 aliphatic rings. The largest absolute Gasteiger partial charge is 0.444 e. The summed E-state index contributed by atoms with van der Waals surface area (Å²) in [6.07, 6.45) is 0.167. The second kappa shape index (κ2) is 6.36. The first kappa shape index (κ1) is 15.2. The van der Waals surface area contributed by atoms with Crippen molar-refractivity contribution in [2.75, 3.05) is 32.8 Å². The van der Waals surface area contributed by atoms with Crippen LogP contribution in [0.15, 0.2) is 0 Å². The third kappa shape index (κ3) is 4.80. The van der Waals surface area contributed by atoms with E-state index in [4.69, 9.17) is 15.6 Å². The normalized spacial score (nSPS) is 19.7. The maximum absolute atomic E-state index is 11.8. The Bertz CT molecular complexity index is 270. The number of nitrogens with two attached hydrogens (primary N) is 1. The van der Waals surface area contributed by atoms with Crippen LogP contribution < -0.4 is 5.73 Å². The predicted molar refractivity (Wildman–Crippen MR) is 69.1 cm³/mol. The first-order chi connectivity index (χ1) is 8.33. The molecule has 0 aromatic heterocycles. The van der Waals surface area contributed by atoms with Crippen molar-refractivity contribution in [3.63, 3.8) is 0 Å². The number of carbonyl (C=O) groups excluding carboxylic acids is 1. The van der Waals surface area contributed by atoms with Gasteiger partial charge in [0.2, 0.25) is 0 Å². The first-order valence-electron chi connectivity index (χ1n) is 6.42. The summed E-state index contributed by atoms with van der Waals surface area (Å²) in [5.41, 5.74) is 5.46. The van der Waals surface area contributed by atoms with Crippen molar-refractivity contribution in [1.29, 1.82) is 0 Å². The van der Waals surface area contributed by atoms with E-state index in [1.165, 1.54) is 0 Å². The summed E-state index contributed by atoms with van der Waals surface area (Å²) in [7, 11) is 0. The van der Waals surface area contributed by atoms with Gasteiger partial charge in [-0.1, -0.05) is 0 Å².